The SMILES string of the molecule is Cc1nnc(CN2CCCC(C(=O)NC3CC3)C2)n1C. The molecule has 2 heterocycles. The molecule has 1 aliphatic carbocycles. The van der Waals surface area contributed by atoms with Crippen LogP contribution >= 0.6 is 0 Å². The first-order chi connectivity index (χ1) is 9.63. The molecule has 1 aromatic rings. The topological polar surface area (TPSA) is 63.1 Å². The second-order valence-electron chi connectivity index (χ2n) is 6.08. The van der Waals surface area contributed by atoms with E-state index in [2.05, 4.69) is 20.4 Å². The van der Waals surface area contributed by atoms with Crippen molar-refractivity contribution in [2.75, 3.05) is 13.1 Å². The maximum atomic E-state index is 12.1. The van der Waals surface area contributed by atoms with Crippen LogP contribution < -0.4 is 5.32 Å². The van der Waals surface area contributed by atoms with Crippen LogP contribution in [0.15, 0.2) is 0 Å². The van der Waals surface area contributed by atoms with Gasteiger partial charge in [-0.1, -0.05) is 0 Å². The summed E-state index contributed by atoms with van der Waals surface area (Å²) in [4.78, 5) is 14.5. The van der Waals surface area contributed by atoms with Crippen molar-refractivity contribution in [2.45, 2.75) is 45.2 Å². The summed E-state index contributed by atoms with van der Waals surface area (Å²) in [5.41, 5.74) is 0. The van der Waals surface area contributed by atoms with E-state index in [1.54, 1.807) is 0 Å². The van der Waals surface area contributed by atoms with Crippen molar-refractivity contribution in [1.82, 2.24) is 25.0 Å². The van der Waals surface area contributed by atoms with Gasteiger partial charge in [-0.3, -0.25) is 9.69 Å². The number of carbonyl (C=O) groups excluding carboxylic acids is 1. The first kappa shape index (κ1) is 13.5. The molecule has 0 radical (unpaired) electrons. The first-order valence-electron chi connectivity index (χ1n) is 7.51. The van der Waals surface area contributed by atoms with E-state index in [0.717, 1.165) is 57.0 Å². The van der Waals surface area contributed by atoms with E-state index in [-0.39, 0.29) is 11.8 Å². The van der Waals surface area contributed by atoms with Crippen molar-refractivity contribution in [1.29, 1.82) is 0 Å². The average molecular weight is 277 g/mol. The normalized spacial score (nSPS) is 23.8. The number of nitrogens with one attached hydrogen (secondary N) is 1. The number of rotatable bonds is 4. The number of hydrogen-bond donors (Lipinski definition) is 1. The van der Waals surface area contributed by atoms with Crippen LogP contribution in [0.4, 0.5) is 0 Å². The van der Waals surface area contributed by atoms with E-state index in [4.69, 9.17) is 0 Å². The van der Waals surface area contributed by atoms with Crippen LogP contribution in [0.1, 0.15) is 37.3 Å². The van der Waals surface area contributed by atoms with Crippen molar-refractivity contribution in [3.05, 3.63) is 11.6 Å². The van der Waals surface area contributed by atoms with Gasteiger partial charge in [-0.25, -0.2) is 0 Å². The summed E-state index contributed by atoms with van der Waals surface area (Å²) in [5, 5.41) is 11.4. The van der Waals surface area contributed by atoms with Gasteiger partial charge in [0.25, 0.3) is 0 Å². The molecule has 1 unspecified atom stereocenters. The Balaban J connectivity index is 1.57. The van der Waals surface area contributed by atoms with E-state index in [9.17, 15) is 4.79 Å². The van der Waals surface area contributed by atoms with Crippen LogP contribution in [-0.4, -0.2) is 44.7 Å². The molecule has 6 nitrogen and oxygen atoms in total. The van der Waals surface area contributed by atoms with Gasteiger partial charge in [0.2, 0.25) is 5.91 Å². The smallest absolute Gasteiger partial charge is 0.224 e. The fourth-order valence-corrected chi connectivity index (χ4v) is 2.75. The Morgan fingerprint density at radius 3 is 2.80 bits per heavy atom. The fraction of sp³-hybridized carbons (Fsp3) is 0.786. The van der Waals surface area contributed by atoms with Gasteiger partial charge in [0, 0.05) is 19.6 Å². The Hall–Kier alpha value is -1.43. The largest absolute Gasteiger partial charge is 0.353 e. The van der Waals surface area contributed by atoms with Crippen molar-refractivity contribution in [2.24, 2.45) is 13.0 Å². The van der Waals surface area contributed by atoms with Crippen LogP contribution in [0.25, 0.3) is 0 Å². The third-order valence-electron chi connectivity index (χ3n) is 4.35. The molecule has 0 spiro atoms. The summed E-state index contributed by atoms with van der Waals surface area (Å²) in [7, 11) is 1.99. The molecule has 1 saturated heterocycles. The minimum absolute atomic E-state index is 0.138. The van der Waals surface area contributed by atoms with Crippen molar-refractivity contribution in [3.8, 4) is 0 Å². The number of likely N-dealkylation sites (tertiary alicyclic amines) is 1. The molecule has 1 saturated carbocycles. The Labute approximate surface area is 119 Å². The molecule has 2 aliphatic rings. The Morgan fingerprint density at radius 2 is 2.15 bits per heavy atom. The summed E-state index contributed by atoms with van der Waals surface area (Å²) >= 11 is 0. The zero-order valence-electron chi connectivity index (χ0n) is 12.3. The lowest BCUT2D eigenvalue weighted by Crippen LogP contribution is -2.43. The lowest BCUT2D eigenvalue weighted by Gasteiger charge is -2.31. The highest BCUT2D eigenvalue weighted by Gasteiger charge is 2.30. The molecule has 1 aliphatic heterocycles. The number of piperidine rings is 1. The Morgan fingerprint density at radius 1 is 1.35 bits per heavy atom. The average Bonchev–Trinajstić information content (AvgIpc) is 3.21. The Bertz CT molecular complexity index is 494. The van der Waals surface area contributed by atoms with Crippen molar-refractivity contribution in [3.63, 3.8) is 0 Å². The summed E-state index contributed by atoms with van der Waals surface area (Å²) in [6, 6.07) is 0.458. The maximum Gasteiger partial charge on any atom is 0.224 e. The van der Waals surface area contributed by atoms with Gasteiger partial charge in [0.05, 0.1) is 12.5 Å². The summed E-state index contributed by atoms with van der Waals surface area (Å²) in [5.74, 6) is 2.29. The quantitative estimate of drug-likeness (QED) is 0.876. The van der Waals surface area contributed by atoms with Gasteiger partial charge >= 0.3 is 0 Å². The summed E-state index contributed by atoms with van der Waals surface area (Å²) < 4.78 is 2.02. The molecule has 1 amide bonds. The predicted octanol–water partition coefficient (Wildman–Crippen LogP) is 0.614. The molecular weight excluding hydrogens is 254 g/mol. The minimum Gasteiger partial charge on any atom is -0.353 e. The van der Waals surface area contributed by atoms with E-state index in [0.29, 0.717) is 6.04 Å². The molecule has 1 atom stereocenters. The third kappa shape index (κ3) is 3.00. The van der Waals surface area contributed by atoms with Crippen LogP contribution in [-0.2, 0) is 18.4 Å². The van der Waals surface area contributed by atoms with Crippen LogP contribution in [0.2, 0.25) is 0 Å². The molecule has 20 heavy (non-hydrogen) atoms. The summed E-state index contributed by atoms with van der Waals surface area (Å²) in [6.45, 7) is 4.62. The number of amides is 1. The number of aryl methyl sites for hydroxylation is 1. The standard InChI is InChI=1S/C14H23N5O/c1-10-16-17-13(18(10)2)9-19-7-3-4-11(8-19)14(20)15-12-5-6-12/h11-12H,3-9H2,1-2H3,(H,15,20). The van der Waals surface area contributed by atoms with Gasteiger partial charge in [0.1, 0.15) is 11.6 Å². The zero-order chi connectivity index (χ0) is 14.1. The van der Waals surface area contributed by atoms with Crippen LogP contribution in [0.3, 0.4) is 0 Å². The molecule has 6 heteroatoms. The highest BCUT2D eigenvalue weighted by molar-refractivity contribution is 5.79. The third-order valence-corrected chi connectivity index (χ3v) is 4.35. The lowest BCUT2D eigenvalue weighted by molar-refractivity contribution is -0.126. The highest BCUT2D eigenvalue weighted by Crippen LogP contribution is 2.22. The Kier molecular flexibility index (Phi) is 3.74. The lowest BCUT2D eigenvalue weighted by atomic mass is 9.97. The molecule has 110 valence electrons. The van der Waals surface area contributed by atoms with E-state index < -0.39 is 0 Å². The second kappa shape index (κ2) is 5.52. The van der Waals surface area contributed by atoms with E-state index >= 15 is 0 Å². The molecular formula is C14H23N5O. The fourth-order valence-electron chi connectivity index (χ4n) is 2.75. The van der Waals surface area contributed by atoms with Crippen molar-refractivity contribution < 1.29 is 4.79 Å². The number of hydrogen-bond acceptors (Lipinski definition) is 4. The number of nitrogens with zero attached hydrogens (tertiary/aromatic N) is 4. The van der Waals surface area contributed by atoms with Crippen LogP contribution in [0.5, 0.6) is 0 Å². The van der Waals surface area contributed by atoms with Gasteiger partial charge in [-0.15, -0.1) is 10.2 Å². The van der Waals surface area contributed by atoms with Gasteiger partial charge in [0.15, 0.2) is 0 Å². The second-order valence-corrected chi connectivity index (χ2v) is 6.08. The monoisotopic (exact) mass is 277 g/mol. The maximum absolute atomic E-state index is 12.1. The van der Waals surface area contributed by atoms with E-state index in [1.807, 2.05) is 18.5 Å². The molecule has 1 aromatic heterocycles. The van der Waals surface area contributed by atoms with E-state index in [1.165, 1.54) is 0 Å². The highest BCUT2D eigenvalue weighted by atomic mass is 16.2. The molecule has 0 bridgehead atoms. The molecule has 1 N–H and O–H groups in total. The molecule has 0 aromatic carbocycles. The van der Waals surface area contributed by atoms with Crippen LogP contribution in [0, 0.1) is 12.8 Å². The molecule has 3 rings (SSSR count). The van der Waals surface area contributed by atoms with Gasteiger partial charge in [-0.05, 0) is 39.2 Å². The van der Waals surface area contributed by atoms with Crippen molar-refractivity contribution >= 4 is 5.91 Å². The van der Waals surface area contributed by atoms with Gasteiger partial charge in [-0.2, -0.15) is 0 Å². The predicted molar refractivity (Wildman–Crippen MR) is 74.9 cm³/mol. The number of carbonyl (C=O) groups is 1. The minimum atomic E-state index is 0.138. The summed E-state index contributed by atoms with van der Waals surface area (Å²) in [6.07, 6.45) is 4.40. The number of aromatic nitrogens is 3. The first-order valence-corrected chi connectivity index (χ1v) is 7.51. The zero-order valence-corrected chi connectivity index (χ0v) is 12.3. The molecule has 2 fully saturated rings. The van der Waals surface area contributed by atoms with Gasteiger partial charge < -0.3 is 9.88 Å².